The van der Waals surface area contributed by atoms with Crippen molar-refractivity contribution in [2.45, 2.75) is 0 Å². The fourth-order valence-corrected chi connectivity index (χ4v) is 2.88. The van der Waals surface area contributed by atoms with Gasteiger partial charge in [-0.3, -0.25) is 0 Å². The molecule has 88 valence electrons. The fourth-order valence-electron chi connectivity index (χ4n) is 2.64. The maximum atomic E-state index is 6.36. The molecule has 0 atom stereocenters. The summed E-state index contributed by atoms with van der Waals surface area (Å²) in [4.78, 5) is 0. The van der Waals surface area contributed by atoms with Gasteiger partial charge in [-0.25, -0.2) is 0 Å². The second kappa shape index (κ2) is 3.78. The predicted molar refractivity (Wildman–Crippen MR) is 81.6 cm³/mol. The van der Waals surface area contributed by atoms with Gasteiger partial charge in [-0.15, -0.1) is 0 Å². The molecule has 0 N–H and O–H groups in total. The summed E-state index contributed by atoms with van der Waals surface area (Å²) in [5.74, 6) is 0. The summed E-state index contributed by atoms with van der Waals surface area (Å²) in [6.45, 7) is 0. The van der Waals surface area contributed by atoms with E-state index < -0.39 is 0 Å². The molecule has 0 fully saturated rings. The molecule has 1 heterocycles. The lowest BCUT2D eigenvalue weighted by molar-refractivity contribution is 0.669. The van der Waals surface area contributed by atoms with E-state index in [9.17, 15) is 0 Å². The number of para-hydroxylation sites is 1. The minimum absolute atomic E-state index is 0.491. The third-order valence-electron chi connectivity index (χ3n) is 3.52. The molecule has 0 bridgehead atoms. The Morgan fingerprint density at radius 1 is 0.842 bits per heavy atom. The maximum Gasteiger partial charge on any atom is 0.154 e. The smallest absolute Gasteiger partial charge is 0.154 e. The van der Waals surface area contributed by atoms with Gasteiger partial charge >= 0.3 is 0 Å². The molecule has 1 nitrogen and oxygen atoms in total. The van der Waals surface area contributed by atoms with Crippen molar-refractivity contribution in [3.63, 3.8) is 0 Å². The van der Waals surface area contributed by atoms with Gasteiger partial charge in [-0.1, -0.05) is 59.5 Å². The molecule has 3 heteroatoms. The summed E-state index contributed by atoms with van der Waals surface area (Å²) in [6, 6.07) is 15.9. The van der Waals surface area contributed by atoms with Crippen molar-refractivity contribution in [3.8, 4) is 0 Å². The zero-order valence-electron chi connectivity index (χ0n) is 9.98. The predicted octanol–water partition coefficient (Wildman–Crippen LogP) is 4.19. The molecule has 4 aromatic rings. The summed E-state index contributed by atoms with van der Waals surface area (Å²) in [5.41, 5.74) is 2.07. The van der Waals surface area contributed by atoms with E-state index >= 15 is 0 Å². The second-order valence-electron chi connectivity index (χ2n) is 4.58. The van der Waals surface area contributed by atoms with Gasteiger partial charge in [0.15, 0.2) is 5.58 Å². The Bertz CT molecular complexity index is 940. The first-order chi connectivity index (χ1) is 9.27. The molecule has 0 spiro atoms. The van der Waals surface area contributed by atoms with Crippen molar-refractivity contribution in [3.05, 3.63) is 53.6 Å². The van der Waals surface area contributed by atoms with E-state index in [4.69, 9.17) is 23.9 Å². The molecule has 1 aromatic heterocycles. The van der Waals surface area contributed by atoms with Crippen molar-refractivity contribution in [1.29, 1.82) is 0 Å². The number of hydrogen-bond donors (Lipinski definition) is 0. The van der Waals surface area contributed by atoms with Crippen molar-refractivity contribution in [2.24, 2.45) is 0 Å². The van der Waals surface area contributed by atoms with Crippen LogP contribution in [0.2, 0.25) is 5.02 Å². The highest BCUT2D eigenvalue weighted by Gasteiger charge is 2.15. The summed E-state index contributed by atoms with van der Waals surface area (Å²) in [5, 5.41) is 4.63. The van der Waals surface area contributed by atoms with Gasteiger partial charge in [0, 0.05) is 10.8 Å². The molecule has 0 unspecified atom stereocenters. The van der Waals surface area contributed by atoms with Crippen LogP contribution in [-0.4, -0.2) is 7.85 Å². The zero-order valence-corrected chi connectivity index (χ0v) is 10.7. The van der Waals surface area contributed by atoms with Crippen LogP contribution < -0.4 is 5.46 Å². The van der Waals surface area contributed by atoms with Gasteiger partial charge in [0.2, 0.25) is 0 Å². The first-order valence-electron chi connectivity index (χ1n) is 6.04. The molecule has 3 aromatic carbocycles. The molecule has 4 rings (SSSR count). The number of rotatable bonds is 0. The maximum absolute atomic E-state index is 6.36. The summed E-state index contributed by atoms with van der Waals surface area (Å²) < 4.78 is 5.86. The van der Waals surface area contributed by atoms with Crippen molar-refractivity contribution in [2.75, 3.05) is 0 Å². The highest BCUT2D eigenvalue weighted by atomic mass is 35.5. The molecule has 0 amide bonds. The third kappa shape index (κ3) is 1.38. The van der Waals surface area contributed by atoms with Crippen LogP contribution in [0.1, 0.15) is 0 Å². The minimum atomic E-state index is 0.491. The average molecular weight is 263 g/mol. The molecular weight excluding hydrogens is 254 g/mol. The summed E-state index contributed by atoms with van der Waals surface area (Å²) in [6.07, 6.45) is 0. The molecule has 0 aliphatic heterocycles. The van der Waals surface area contributed by atoms with Gasteiger partial charge in [0.1, 0.15) is 13.4 Å². The quantitative estimate of drug-likeness (QED) is 0.433. The molecule has 0 saturated heterocycles. The Morgan fingerprint density at radius 3 is 2.26 bits per heavy atom. The van der Waals surface area contributed by atoms with Crippen LogP contribution >= 0.6 is 11.6 Å². The normalized spacial score (nSPS) is 11.6. The lowest BCUT2D eigenvalue weighted by Gasteiger charge is -2.06. The van der Waals surface area contributed by atoms with Crippen LogP contribution in [0.15, 0.2) is 52.9 Å². The van der Waals surface area contributed by atoms with E-state index in [0.717, 1.165) is 27.1 Å². The largest absolute Gasteiger partial charge is 0.454 e. The summed E-state index contributed by atoms with van der Waals surface area (Å²) in [7, 11) is 6.11. The first kappa shape index (κ1) is 10.9. The minimum Gasteiger partial charge on any atom is -0.454 e. The van der Waals surface area contributed by atoms with Crippen molar-refractivity contribution >= 4 is 57.6 Å². The van der Waals surface area contributed by atoms with E-state index in [1.165, 1.54) is 0 Å². The van der Waals surface area contributed by atoms with E-state index in [0.29, 0.717) is 16.1 Å². The standard InChI is InChI=1S/C16H8BClO/c17-14-10-6-2-1-5-9(10)13-11-7-3-4-8-12(11)19-16(13)15(14)18/h1-8H. The van der Waals surface area contributed by atoms with Crippen LogP contribution in [0.4, 0.5) is 0 Å². The van der Waals surface area contributed by atoms with E-state index in [1.807, 2.05) is 48.5 Å². The van der Waals surface area contributed by atoms with Crippen molar-refractivity contribution < 1.29 is 4.42 Å². The van der Waals surface area contributed by atoms with Crippen LogP contribution in [0.3, 0.4) is 0 Å². The van der Waals surface area contributed by atoms with Crippen LogP contribution in [0.25, 0.3) is 32.7 Å². The number of fused-ring (bicyclic) bond motifs is 5. The Balaban J connectivity index is 2.43. The van der Waals surface area contributed by atoms with Crippen molar-refractivity contribution in [1.82, 2.24) is 0 Å². The number of benzene rings is 3. The molecule has 0 aliphatic rings. The Labute approximate surface area is 116 Å². The molecule has 2 radical (unpaired) electrons. The summed E-state index contributed by atoms with van der Waals surface area (Å²) >= 11 is 6.36. The van der Waals surface area contributed by atoms with E-state index in [2.05, 4.69) is 0 Å². The SMILES string of the molecule is [B]c1c(Cl)c2oc3ccccc3c2c2ccccc12. The molecule has 0 saturated carbocycles. The lowest BCUT2D eigenvalue weighted by atomic mass is 9.88. The number of hydrogen-bond acceptors (Lipinski definition) is 1. The number of furan rings is 1. The van der Waals surface area contributed by atoms with E-state index in [1.54, 1.807) is 0 Å². The lowest BCUT2D eigenvalue weighted by Crippen LogP contribution is -2.05. The fraction of sp³-hybridized carbons (Fsp3) is 0. The first-order valence-corrected chi connectivity index (χ1v) is 6.42. The zero-order chi connectivity index (χ0) is 13.0. The highest BCUT2D eigenvalue weighted by molar-refractivity contribution is 6.53. The van der Waals surface area contributed by atoms with Crippen LogP contribution in [-0.2, 0) is 0 Å². The molecular formula is C16H8BClO. The Hall–Kier alpha value is -1.93. The van der Waals surface area contributed by atoms with Gasteiger partial charge in [0.25, 0.3) is 0 Å². The topological polar surface area (TPSA) is 13.1 Å². The highest BCUT2D eigenvalue weighted by Crippen LogP contribution is 2.37. The van der Waals surface area contributed by atoms with Gasteiger partial charge in [-0.05, 0) is 16.8 Å². The Kier molecular flexibility index (Phi) is 2.18. The van der Waals surface area contributed by atoms with Gasteiger partial charge in [0.05, 0.1) is 5.02 Å². The number of halogens is 1. The van der Waals surface area contributed by atoms with Crippen LogP contribution in [0, 0.1) is 0 Å². The average Bonchev–Trinajstić information content (AvgIpc) is 2.84. The van der Waals surface area contributed by atoms with Crippen LogP contribution in [0.5, 0.6) is 0 Å². The monoisotopic (exact) mass is 262 g/mol. The molecule has 19 heavy (non-hydrogen) atoms. The van der Waals surface area contributed by atoms with E-state index in [-0.39, 0.29) is 0 Å². The second-order valence-corrected chi connectivity index (χ2v) is 4.95. The third-order valence-corrected chi connectivity index (χ3v) is 3.89. The Morgan fingerprint density at radius 2 is 1.47 bits per heavy atom. The van der Waals surface area contributed by atoms with Gasteiger partial charge in [-0.2, -0.15) is 0 Å². The van der Waals surface area contributed by atoms with Gasteiger partial charge < -0.3 is 4.42 Å². The molecule has 0 aliphatic carbocycles.